The number of rotatable bonds is 6. The van der Waals surface area contributed by atoms with E-state index in [2.05, 4.69) is 9.82 Å². The van der Waals surface area contributed by atoms with Crippen LogP contribution in [0.2, 0.25) is 0 Å². The molecule has 0 amide bonds. The Morgan fingerprint density at radius 3 is 2.58 bits per heavy atom. The first-order valence-corrected chi connectivity index (χ1v) is 10.5. The average molecular weight is 394 g/mol. The molecule has 5 nitrogen and oxygen atoms in total. The summed E-state index contributed by atoms with van der Waals surface area (Å²) >= 11 is 1.55. The van der Waals surface area contributed by atoms with Crippen molar-refractivity contribution in [1.29, 1.82) is 0 Å². The Labute approximate surface area is 156 Å². The lowest BCUT2D eigenvalue weighted by Gasteiger charge is -2.19. The van der Waals surface area contributed by atoms with Crippen molar-refractivity contribution < 1.29 is 12.8 Å². The van der Waals surface area contributed by atoms with Gasteiger partial charge in [0.15, 0.2) is 0 Å². The van der Waals surface area contributed by atoms with E-state index >= 15 is 0 Å². The Balaban J connectivity index is 1.89. The van der Waals surface area contributed by atoms with Gasteiger partial charge in [-0.3, -0.25) is 4.68 Å². The van der Waals surface area contributed by atoms with Crippen molar-refractivity contribution in [2.45, 2.75) is 31.7 Å². The van der Waals surface area contributed by atoms with Gasteiger partial charge in [0.25, 0.3) is 0 Å². The highest BCUT2D eigenvalue weighted by Crippen LogP contribution is 2.25. The van der Waals surface area contributed by atoms with Crippen LogP contribution in [0.5, 0.6) is 0 Å². The highest BCUT2D eigenvalue weighted by molar-refractivity contribution is 7.89. The molecule has 2 heterocycles. The van der Waals surface area contributed by atoms with E-state index < -0.39 is 15.8 Å². The maximum atomic E-state index is 13.3. The minimum Gasteiger partial charge on any atom is -0.260 e. The molecule has 1 N–H and O–H groups in total. The average Bonchev–Trinajstić information content (AvgIpc) is 3.18. The minimum absolute atomic E-state index is 0.0807. The number of aryl methyl sites for hydroxylation is 3. The van der Waals surface area contributed by atoms with Gasteiger partial charge < -0.3 is 0 Å². The first-order chi connectivity index (χ1) is 12.3. The van der Waals surface area contributed by atoms with Crippen LogP contribution in [0.15, 0.2) is 46.7 Å². The zero-order chi connectivity index (χ0) is 18.9. The molecule has 2 aromatic heterocycles. The fraction of sp³-hybridized carbons (Fsp3) is 0.278. The molecule has 26 heavy (non-hydrogen) atoms. The molecule has 0 aliphatic heterocycles. The molecule has 3 aromatic rings. The van der Waals surface area contributed by atoms with E-state index in [4.69, 9.17) is 0 Å². The molecule has 8 heteroatoms. The SMILES string of the molecule is Cc1cc(C)n(C(CNS(=O)(=O)c2ccc(F)cc2C)c2cccs2)n1. The van der Waals surface area contributed by atoms with Crippen LogP contribution >= 0.6 is 11.3 Å². The van der Waals surface area contributed by atoms with E-state index in [9.17, 15) is 12.8 Å². The second-order valence-electron chi connectivity index (χ2n) is 6.16. The summed E-state index contributed by atoms with van der Waals surface area (Å²) in [7, 11) is -3.76. The predicted molar refractivity (Wildman–Crippen MR) is 100 cm³/mol. The van der Waals surface area contributed by atoms with Gasteiger partial charge in [-0.15, -0.1) is 11.3 Å². The molecular weight excluding hydrogens is 373 g/mol. The van der Waals surface area contributed by atoms with Crippen LogP contribution in [0.25, 0.3) is 0 Å². The first-order valence-electron chi connectivity index (χ1n) is 8.10. The highest BCUT2D eigenvalue weighted by atomic mass is 32.2. The number of thiophene rings is 1. The Hall–Kier alpha value is -2.03. The third-order valence-corrected chi connectivity index (χ3v) is 6.66. The van der Waals surface area contributed by atoms with Gasteiger partial charge in [0.1, 0.15) is 5.82 Å². The van der Waals surface area contributed by atoms with E-state index in [1.807, 2.05) is 42.1 Å². The molecule has 0 fully saturated rings. The van der Waals surface area contributed by atoms with Crippen molar-refractivity contribution in [3.63, 3.8) is 0 Å². The second-order valence-corrected chi connectivity index (χ2v) is 8.88. The normalized spacial score (nSPS) is 13.1. The summed E-state index contributed by atoms with van der Waals surface area (Å²) in [6.07, 6.45) is 0. The minimum atomic E-state index is -3.76. The Kier molecular flexibility index (Phi) is 5.27. The number of aromatic nitrogens is 2. The van der Waals surface area contributed by atoms with Crippen molar-refractivity contribution >= 4 is 21.4 Å². The molecule has 138 valence electrons. The number of halogens is 1. The first kappa shape index (κ1) is 18.8. The van der Waals surface area contributed by atoms with Crippen LogP contribution in [0.3, 0.4) is 0 Å². The monoisotopic (exact) mass is 393 g/mol. The third kappa shape index (κ3) is 3.87. The van der Waals surface area contributed by atoms with Crippen LogP contribution < -0.4 is 4.72 Å². The molecule has 0 saturated carbocycles. The molecule has 0 spiro atoms. The fourth-order valence-electron chi connectivity index (χ4n) is 2.93. The largest absolute Gasteiger partial charge is 0.260 e. The summed E-state index contributed by atoms with van der Waals surface area (Å²) in [5.74, 6) is -0.458. The fourth-order valence-corrected chi connectivity index (χ4v) is 5.01. The number of nitrogens with zero attached hydrogens (tertiary/aromatic N) is 2. The smallest absolute Gasteiger partial charge is 0.240 e. The summed E-state index contributed by atoms with van der Waals surface area (Å²) in [4.78, 5) is 1.09. The van der Waals surface area contributed by atoms with E-state index in [1.165, 1.54) is 12.1 Å². The van der Waals surface area contributed by atoms with Crippen LogP contribution in [-0.2, 0) is 10.0 Å². The summed E-state index contributed by atoms with van der Waals surface area (Å²) in [5.41, 5.74) is 2.20. The van der Waals surface area contributed by atoms with E-state index in [0.717, 1.165) is 22.3 Å². The van der Waals surface area contributed by atoms with Crippen LogP contribution in [0, 0.1) is 26.6 Å². The standard InChI is InChI=1S/C18H20FN3O2S2/c1-12-9-15(19)6-7-18(12)26(23,24)20-11-16(17-5-4-8-25-17)22-14(3)10-13(2)21-22/h4-10,16,20H,11H2,1-3H3. The maximum absolute atomic E-state index is 13.3. The van der Waals surface area contributed by atoms with Crippen molar-refractivity contribution in [1.82, 2.24) is 14.5 Å². The number of nitrogens with one attached hydrogen (secondary N) is 1. The van der Waals surface area contributed by atoms with Crippen LogP contribution in [0.1, 0.15) is 27.9 Å². The van der Waals surface area contributed by atoms with Gasteiger partial charge in [0.05, 0.1) is 16.6 Å². The van der Waals surface area contributed by atoms with Gasteiger partial charge in [-0.25, -0.2) is 17.5 Å². The quantitative estimate of drug-likeness (QED) is 0.696. The van der Waals surface area contributed by atoms with Gasteiger partial charge >= 0.3 is 0 Å². The molecule has 1 atom stereocenters. The number of hydrogen-bond donors (Lipinski definition) is 1. The lowest BCUT2D eigenvalue weighted by atomic mass is 10.2. The molecule has 1 aromatic carbocycles. The molecule has 0 radical (unpaired) electrons. The zero-order valence-electron chi connectivity index (χ0n) is 14.7. The Morgan fingerprint density at radius 1 is 1.23 bits per heavy atom. The lowest BCUT2D eigenvalue weighted by Crippen LogP contribution is -2.32. The van der Waals surface area contributed by atoms with Crippen molar-refractivity contribution in [2.24, 2.45) is 0 Å². The molecule has 0 aliphatic carbocycles. The van der Waals surface area contributed by atoms with E-state index in [1.54, 1.807) is 18.3 Å². The Morgan fingerprint density at radius 2 is 2.00 bits per heavy atom. The molecule has 0 saturated heterocycles. The maximum Gasteiger partial charge on any atom is 0.240 e. The summed E-state index contributed by atoms with van der Waals surface area (Å²) < 4.78 is 43.2. The number of hydrogen-bond acceptors (Lipinski definition) is 4. The zero-order valence-corrected chi connectivity index (χ0v) is 16.4. The van der Waals surface area contributed by atoms with Crippen molar-refractivity contribution in [3.8, 4) is 0 Å². The summed E-state index contributed by atoms with van der Waals surface area (Å²) in [5, 5.41) is 6.46. The van der Waals surface area contributed by atoms with E-state index in [0.29, 0.717) is 5.56 Å². The van der Waals surface area contributed by atoms with Crippen LogP contribution in [-0.4, -0.2) is 24.7 Å². The van der Waals surface area contributed by atoms with Gasteiger partial charge in [-0.1, -0.05) is 6.07 Å². The van der Waals surface area contributed by atoms with Gasteiger partial charge in [-0.2, -0.15) is 5.10 Å². The predicted octanol–water partition coefficient (Wildman–Crippen LogP) is 3.58. The second kappa shape index (κ2) is 7.30. The molecule has 0 aliphatic rings. The van der Waals surface area contributed by atoms with Crippen molar-refractivity contribution in [3.05, 3.63) is 69.4 Å². The molecular formula is C18H20FN3O2S2. The van der Waals surface area contributed by atoms with Gasteiger partial charge in [-0.05, 0) is 62.0 Å². The number of benzene rings is 1. The lowest BCUT2D eigenvalue weighted by molar-refractivity contribution is 0.499. The topological polar surface area (TPSA) is 64.0 Å². The van der Waals surface area contributed by atoms with Gasteiger partial charge in [0.2, 0.25) is 10.0 Å². The summed E-state index contributed by atoms with van der Waals surface area (Å²) in [6.45, 7) is 5.58. The molecule has 0 bridgehead atoms. The third-order valence-electron chi connectivity index (χ3n) is 4.10. The van der Waals surface area contributed by atoms with Crippen LogP contribution in [0.4, 0.5) is 4.39 Å². The summed E-state index contributed by atoms with van der Waals surface area (Å²) in [6, 6.07) is 9.25. The Bertz CT molecular complexity index is 1010. The number of sulfonamides is 1. The molecule has 3 rings (SSSR count). The van der Waals surface area contributed by atoms with Gasteiger partial charge in [0, 0.05) is 17.1 Å². The van der Waals surface area contributed by atoms with Crippen molar-refractivity contribution in [2.75, 3.05) is 6.54 Å². The van der Waals surface area contributed by atoms with E-state index in [-0.39, 0.29) is 17.5 Å². The highest BCUT2D eigenvalue weighted by Gasteiger charge is 2.23. The molecule has 1 unspecified atom stereocenters.